The van der Waals surface area contributed by atoms with E-state index >= 15 is 0 Å². The van der Waals surface area contributed by atoms with Gasteiger partial charge in [-0.2, -0.15) is 5.26 Å². The maximum Gasteiger partial charge on any atom is 0.257 e. The zero-order chi connectivity index (χ0) is 20.4. The Bertz CT molecular complexity index is 837. The topological polar surface area (TPSA) is 93.9 Å². The number of hydrogen-bond acceptors (Lipinski definition) is 6. The number of carbonyl (C=O) groups excluding carboxylic acids is 3. The minimum atomic E-state index is -0.757. The van der Waals surface area contributed by atoms with Gasteiger partial charge in [0.25, 0.3) is 5.91 Å². The van der Waals surface area contributed by atoms with E-state index in [1.807, 2.05) is 6.07 Å². The SMILES string of the molecule is N#Cc1ccc(N2C(=O)CC(N(CCN3CCOCC3)C(=O)C3CC3)C2=O)cc1. The third-order valence-corrected chi connectivity index (χ3v) is 5.72. The van der Waals surface area contributed by atoms with Gasteiger partial charge in [0.1, 0.15) is 6.04 Å². The molecule has 1 aromatic rings. The molecule has 2 aliphatic heterocycles. The highest BCUT2D eigenvalue weighted by molar-refractivity contribution is 6.23. The van der Waals surface area contributed by atoms with Crippen LogP contribution in [0.3, 0.4) is 0 Å². The van der Waals surface area contributed by atoms with Gasteiger partial charge >= 0.3 is 0 Å². The maximum atomic E-state index is 13.1. The van der Waals surface area contributed by atoms with E-state index < -0.39 is 6.04 Å². The van der Waals surface area contributed by atoms with Crippen LogP contribution in [0.25, 0.3) is 0 Å². The minimum Gasteiger partial charge on any atom is -0.379 e. The Kier molecular flexibility index (Phi) is 5.60. The number of nitrogens with zero attached hydrogens (tertiary/aromatic N) is 4. The number of anilines is 1. The highest BCUT2D eigenvalue weighted by Crippen LogP contribution is 2.34. The van der Waals surface area contributed by atoms with Crippen LogP contribution in [0.15, 0.2) is 24.3 Å². The fourth-order valence-corrected chi connectivity index (χ4v) is 3.87. The molecule has 0 radical (unpaired) electrons. The number of carbonyl (C=O) groups is 3. The molecule has 1 atom stereocenters. The lowest BCUT2D eigenvalue weighted by molar-refractivity contribution is -0.139. The quantitative estimate of drug-likeness (QED) is 0.659. The Labute approximate surface area is 169 Å². The molecule has 8 heteroatoms. The lowest BCUT2D eigenvalue weighted by atomic mass is 10.1. The molecule has 1 aromatic carbocycles. The molecule has 8 nitrogen and oxygen atoms in total. The molecule has 152 valence electrons. The van der Waals surface area contributed by atoms with Gasteiger partial charge in [-0.15, -0.1) is 0 Å². The van der Waals surface area contributed by atoms with Gasteiger partial charge in [-0.05, 0) is 37.1 Å². The Morgan fingerprint density at radius 1 is 1.17 bits per heavy atom. The summed E-state index contributed by atoms with van der Waals surface area (Å²) in [5, 5.41) is 8.94. The molecule has 3 amide bonds. The van der Waals surface area contributed by atoms with Crippen molar-refractivity contribution >= 4 is 23.4 Å². The molecular weight excluding hydrogens is 372 g/mol. The molecule has 0 spiro atoms. The van der Waals surface area contributed by atoms with Crippen LogP contribution >= 0.6 is 0 Å². The van der Waals surface area contributed by atoms with Crippen LogP contribution in [-0.2, 0) is 19.1 Å². The molecule has 3 fully saturated rings. The number of ether oxygens (including phenoxy) is 1. The van der Waals surface area contributed by atoms with Crippen LogP contribution < -0.4 is 4.90 Å². The third-order valence-electron chi connectivity index (χ3n) is 5.72. The second-order valence-electron chi connectivity index (χ2n) is 7.71. The van der Waals surface area contributed by atoms with Crippen LogP contribution in [0.4, 0.5) is 5.69 Å². The molecule has 0 bridgehead atoms. The van der Waals surface area contributed by atoms with Crippen molar-refractivity contribution < 1.29 is 19.1 Å². The van der Waals surface area contributed by atoms with Gasteiger partial charge < -0.3 is 9.64 Å². The summed E-state index contributed by atoms with van der Waals surface area (Å²) >= 11 is 0. The lowest BCUT2D eigenvalue weighted by Gasteiger charge is -2.32. The summed E-state index contributed by atoms with van der Waals surface area (Å²) in [6.07, 6.45) is 1.70. The predicted molar refractivity (Wildman–Crippen MR) is 104 cm³/mol. The van der Waals surface area contributed by atoms with Crippen LogP contribution in [0.1, 0.15) is 24.8 Å². The van der Waals surface area contributed by atoms with Crippen molar-refractivity contribution in [3.63, 3.8) is 0 Å². The molecule has 1 aliphatic carbocycles. The van der Waals surface area contributed by atoms with Crippen molar-refractivity contribution in [2.45, 2.75) is 25.3 Å². The molecular formula is C21H24N4O4. The zero-order valence-corrected chi connectivity index (χ0v) is 16.2. The average molecular weight is 396 g/mol. The number of rotatable bonds is 6. The van der Waals surface area contributed by atoms with Crippen LogP contribution in [0, 0.1) is 17.2 Å². The molecule has 2 heterocycles. The van der Waals surface area contributed by atoms with Crippen LogP contribution in [0.5, 0.6) is 0 Å². The summed E-state index contributed by atoms with van der Waals surface area (Å²) in [5.41, 5.74) is 0.897. The van der Waals surface area contributed by atoms with Crippen molar-refractivity contribution in [2.24, 2.45) is 5.92 Å². The average Bonchev–Trinajstić information content (AvgIpc) is 3.55. The normalized spacial score (nSPS) is 22.6. The van der Waals surface area contributed by atoms with E-state index in [2.05, 4.69) is 4.90 Å². The van der Waals surface area contributed by atoms with Crippen LogP contribution in [0.2, 0.25) is 0 Å². The molecule has 1 unspecified atom stereocenters. The first-order chi connectivity index (χ1) is 14.1. The summed E-state index contributed by atoms with van der Waals surface area (Å²) < 4.78 is 5.36. The predicted octanol–water partition coefficient (Wildman–Crippen LogP) is 0.761. The largest absolute Gasteiger partial charge is 0.379 e. The fourth-order valence-electron chi connectivity index (χ4n) is 3.87. The third kappa shape index (κ3) is 4.16. The van der Waals surface area contributed by atoms with Gasteiger partial charge in [-0.1, -0.05) is 0 Å². The van der Waals surface area contributed by atoms with Crippen molar-refractivity contribution in [3.8, 4) is 6.07 Å². The van der Waals surface area contributed by atoms with E-state index in [1.54, 1.807) is 29.2 Å². The van der Waals surface area contributed by atoms with Gasteiger partial charge in [-0.25, -0.2) is 4.90 Å². The number of imide groups is 1. The first kappa shape index (κ1) is 19.6. The first-order valence-corrected chi connectivity index (χ1v) is 10.1. The van der Waals surface area contributed by atoms with E-state index in [0.29, 0.717) is 37.6 Å². The van der Waals surface area contributed by atoms with Crippen LogP contribution in [-0.4, -0.2) is 73.0 Å². The lowest BCUT2D eigenvalue weighted by Crippen LogP contribution is -2.50. The fraction of sp³-hybridized carbons (Fsp3) is 0.524. The summed E-state index contributed by atoms with van der Waals surface area (Å²) in [6, 6.07) is 7.61. The summed E-state index contributed by atoms with van der Waals surface area (Å²) in [7, 11) is 0. The van der Waals surface area contributed by atoms with Gasteiger partial charge in [0.2, 0.25) is 11.8 Å². The number of morpholine rings is 1. The molecule has 29 heavy (non-hydrogen) atoms. The van der Waals surface area contributed by atoms with E-state index in [9.17, 15) is 14.4 Å². The zero-order valence-electron chi connectivity index (χ0n) is 16.2. The molecule has 1 saturated carbocycles. The van der Waals surface area contributed by atoms with Crippen molar-refractivity contribution in [1.29, 1.82) is 5.26 Å². The Morgan fingerprint density at radius 2 is 1.86 bits per heavy atom. The van der Waals surface area contributed by atoms with E-state index in [0.717, 1.165) is 30.8 Å². The van der Waals surface area contributed by atoms with Crippen molar-refractivity contribution in [3.05, 3.63) is 29.8 Å². The number of nitriles is 1. The maximum absolute atomic E-state index is 13.1. The number of hydrogen-bond donors (Lipinski definition) is 0. The van der Waals surface area contributed by atoms with Crippen molar-refractivity contribution in [1.82, 2.24) is 9.80 Å². The monoisotopic (exact) mass is 396 g/mol. The van der Waals surface area contributed by atoms with Crippen molar-refractivity contribution in [2.75, 3.05) is 44.3 Å². The highest BCUT2D eigenvalue weighted by Gasteiger charge is 2.46. The second-order valence-corrected chi connectivity index (χ2v) is 7.71. The minimum absolute atomic E-state index is 0.000403. The summed E-state index contributed by atoms with van der Waals surface area (Å²) in [4.78, 5) is 43.7. The Hall–Kier alpha value is -2.76. The number of benzene rings is 1. The highest BCUT2D eigenvalue weighted by atomic mass is 16.5. The molecule has 0 N–H and O–H groups in total. The first-order valence-electron chi connectivity index (χ1n) is 10.1. The van der Waals surface area contributed by atoms with E-state index in [-0.39, 0.29) is 30.1 Å². The Balaban J connectivity index is 1.50. The van der Waals surface area contributed by atoms with Gasteiger partial charge in [-0.3, -0.25) is 19.3 Å². The van der Waals surface area contributed by atoms with Gasteiger partial charge in [0, 0.05) is 32.1 Å². The molecule has 2 saturated heterocycles. The molecule has 0 aromatic heterocycles. The van der Waals surface area contributed by atoms with Gasteiger partial charge in [0.15, 0.2) is 0 Å². The molecule has 4 rings (SSSR count). The van der Waals surface area contributed by atoms with E-state index in [4.69, 9.17) is 10.00 Å². The van der Waals surface area contributed by atoms with Gasteiger partial charge in [0.05, 0.1) is 37.0 Å². The summed E-state index contributed by atoms with van der Waals surface area (Å²) in [5.74, 6) is -0.724. The smallest absolute Gasteiger partial charge is 0.257 e. The summed E-state index contributed by atoms with van der Waals surface area (Å²) in [6.45, 7) is 4.05. The number of amides is 3. The molecule has 3 aliphatic rings. The van der Waals surface area contributed by atoms with E-state index in [1.165, 1.54) is 0 Å². The standard InChI is InChI=1S/C21H24N4O4/c22-14-15-1-5-17(6-2-15)25-19(26)13-18(21(25)28)24(20(27)16-3-4-16)8-7-23-9-11-29-12-10-23/h1-2,5-6,16,18H,3-4,7-13H2. The Morgan fingerprint density at radius 3 is 2.48 bits per heavy atom. The second kappa shape index (κ2) is 8.31.